The smallest absolute Gasteiger partial charge is 0.315 e. The molecule has 1 fully saturated rings. The standard InChI is InChI=1S/C22H28FN5O2/c23-19-8-6-18(7-9-19)16-25-22(30)26-17-21(29)24-10-11-27-12-14-28(15-13-27)20-4-2-1-3-5-20/h1-9H,10-17H2,(H,24,29)(H2,25,26,30). The summed E-state index contributed by atoms with van der Waals surface area (Å²) in [7, 11) is 0. The van der Waals surface area contributed by atoms with Gasteiger partial charge in [-0.2, -0.15) is 0 Å². The van der Waals surface area contributed by atoms with Crippen LogP contribution in [0.5, 0.6) is 0 Å². The van der Waals surface area contributed by atoms with Crippen LogP contribution in [0.2, 0.25) is 0 Å². The van der Waals surface area contributed by atoms with Gasteiger partial charge in [0, 0.05) is 51.5 Å². The highest BCUT2D eigenvalue weighted by molar-refractivity contribution is 5.83. The Bertz CT molecular complexity index is 808. The predicted molar refractivity (Wildman–Crippen MR) is 115 cm³/mol. The zero-order chi connectivity index (χ0) is 21.2. The summed E-state index contributed by atoms with van der Waals surface area (Å²) >= 11 is 0. The first-order chi connectivity index (χ1) is 14.6. The Morgan fingerprint density at radius 3 is 2.27 bits per heavy atom. The van der Waals surface area contributed by atoms with Gasteiger partial charge in [-0.3, -0.25) is 9.69 Å². The van der Waals surface area contributed by atoms with E-state index in [-0.39, 0.29) is 24.8 Å². The topological polar surface area (TPSA) is 76.7 Å². The third kappa shape index (κ3) is 7.04. The van der Waals surface area contributed by atoms with E-state index in [9.17, 15) is 14.0 Å². The number of amides is 3. The van der Waals surface area contributed by atoms with Crippen LogP contribution >= 0.6 is 0 Å². The molecule has 0 aliphatic carbocycles. The lowest BCUT2D eigenvalue weighted by Crippen LogP contribution is -2.49. The van der Waals surface area contributed by atoms with Crippen LogP contribution < -0.4 is 20.9 Å². The van der Waals surface area contributed by atoms with E-state index in [0.717, 1.165) is 38.3 Å². The van der Waals surface area contributed by atoms with Crippen LogP contribution in [0.25, 0.3) is 0 Å². The molecular formula is C22H28FN5O2. The lowest BCUT2D eigenvalue weighted by Gasteiger charge is -2.36. The number of benzene rings is 2. The van der Waals surface area contributed by atoms with Gasteiger partial charge in [-0.1, -0.05) is 30.3 Å². The number of para-hydroxylation sites is 1. The molecule has 0 radical (unpaired) electrons. The van der Waals surface area contributed by atoms with Crippen molar-refractivity contribution in [3.05, 3.63) is 66.0 Å². The van der Waals surface area contributed by atoms with Crippen molar-refractivity contribution in [3.63, 3.8) is 0 Å². The van der Waals surface area contributed by atoms with Gasteiger partial charge in [0.15, 0.2) is 0 Å². The predicted octanol–water partition coefficient (Wildman–Crippen LogP) is 1.56. The highest BCUT2D eigenvalue weighted by atomic mass is 19.1. The molecule has 0 saturated carbocycles. The van der Waals surface area contributed by atoms with Gasteiger partial charge in [0.25, 0.3) is 0 Å². The van der Waals surface area contributed by atoms with Crippen molar-refractivity contribution in [2.45, 2.75) is 6.54 Å². The van der Waals surface area contributed by atoms with Gasteiger partial charge in [-0.05, 0) is 29.8 Å². The summed E-state index contributed by atoms with van der Waals surface area (Å²) in [6.45, 7) is 5.35. The number of urea groups is 1. The number of nitrogens with one attached hydrogen (secondary N) is 3. The summed E-state index contributed by atoms with van der Waals surface area (Å²) in [6.07, 6.45) is 0. The maximum absolute atomic E-state index is 12.9. The van der Waals surface area contributed by atoms with Crippen LogP contribution in [-0.2, 0) is 11.3 Å². The Morgan fingerprint density at radius 1 is 0.867 bits per heavy atom. The van der Waals surface area contributed by atoms with Gasteiger partial charge in [0.1, 0.15) is 5.82 Å². The Hall–Kier alpha value is -3.13. The molecule has 7 nitrogen and oxygen atoms in total. The number of carbonyl (C=O) groups excluding carboxylic acids is 2. The number of rotatable bonds is 8. The number of halogens is 1. The molecule has 1 heterocycles. The van der Waals surface area contributed by atoms with Gasteiger partial charge in [-0.15, -0.1) is 0 Å². The molecule has 3 N–H and O–H groups in total. The second-order valence-electron chi connectivity index (χ2n) is 7.18. The molecule has 0 spiro atoms. The van der Waals surface area contributed by atoms with Crippen molar-refractivity contribution in [2.24, 2.45) is 0 Å². The SMILES string of the molecule is O=C(CNC(=O)NCc1ccc(F)cc1)NCCN1CCN(c2ccccc2)CC1. The first-order valence-corrected chi connectivity index (χ1v) is 10.2. The molecule has 0 aromatic heterocycles. The van der Waals surface area contributed by atoms with E-state index in [0.29, 0.717) is 6.54 Å². The summed E-state index contributed by atoms with van der Waals surface area (Å²) < 4.78 is 12.9. The average molecular weight is 413 g/mol. The van der Waals surface area contributed by atoms with Crippen LogP contribution in [0.1, 0.15) is 5.56 Å². The lowest BCUT2D eigenvalue weighted by molar-refractivity contribution is -0.120. The van der Waals surface area contributed by atoms with E-state index in [1.54, 1.807) is 12.1 Å². The number of anilines is 1. The van der Waals surface area contributed by atoms with Crippen LogP contribution in [0.4, 0.5) is 14.9 Å². The maximum atomic E-state index is 12.9. The van der Waals surface area contributed by atoms with E-state index in [2.05, 4.69) is 37.9 Å². The molecule has 2 aromatic carbocycles. The lowest BCUT2D eigenvalue weighted by atomic mass is 10.2. The van der Waals surface area contributed by atoms with Crippen molar-refractivity contribution in [2.75, 3.05) is 50.7 Å². The number of nitrogens with zero attached hydrogens (tertiary/aromatic N) is 2. The maximum Gasteiger partial charge on any atom is 0.315 e. The molecule has 30 heavy (non-hydrogen) atoms. The Morgan fingerprint density at radius 2 is 1.57 bits per heavy atom. The largest absolute Gasteiger partial charge is 0.369 e. The molecule has 8 heteroatoms. The highest BCUT2D eigenvalue weighted by Gasteiger charge is 2.16. The second-order valence-corrected chi connectivity index (χ2v) is 7.18. The summed E-state index contributed by atoms with van der Waals surface area (Å²) in [5.41, 5.74) is 2.03. The minimum atomic E-state index is -0.438. The molecule has 1 saturated heterocycles. The molecular weight excluding hydrogens is 385 g/mol. The van der Waals surface area contributed by atoms with Crippen LogP contribution in [-0.4, -0.2) is 62.7 Å². The third-order valence-corrected chi connectivity index (χ3v) is 5.02. The first kappa shape index (κ1) is 21.6. The molecule has 2 aromatic rings. The summed E-state index contributed by atoms with van der Waals surface area (Å²) in [5, 5.41) is 7.98. The van der Waals surface area contributed by atoms with E-state index in [4.69, 9.17) is 0 Å². The zero-order valence-corrected chi connectivity index (χ0v) is 16.9. The molecule has 1 aliphatic heterocycles. The fourth-order valence-electron chi connectivity index (χ4n) is 3.29. The second kappa shape index (κ2) is 11.2. The highest BCUT2D eigenvalue weighted by Crippen LogP contribution is 2.15. The molecule has 3 amide bonds. The van der Waals surface area contributed by atoms with Crippen molar-refractivity contribution in [3.8, 4) is 0 Å². The van der Waals surface area contributed by atoms with Gasteiger partial charge < -0.3 is 20.9 Å². The van der Waals surface area contributed by atoms with Crippen molar-refractivity contribution in [1.82, 2.24) is 20.9 Å². The van der Waals surface area contributed by atoms with Crippen molar-refractivity contribution in [1.29, 1.82) is 0 Å². The molecule has 0 bridgehead atoms. The van der Waals surface area contributed by atoms with E-state index < -0.39 is 6.03 Å². The molecule has 0 atom stereocenters. The third-order valence-electron chi connectivity index (χ3n) is 5.02. The fraction of sp³-hybridized carbons (Fsp3) is 0.364. The monoisotopic (exact) mass is 413 g/mol. The number of hydrogen-bond donors (Lipinski definition) is 3. The fourth-order valence-corrected chi connectivity index (χ4v) is 3.29. The average Bonchev–Trinajstić information content (AvgIpc) is 2.78. The summed E-state index contributed by atoms with van der Waals surface area (Å²) in [4.78, 5) is 28.4. The van der Waals surface area contributed by atoms with Gasteiger partial charge >= 0.3 is 6.03 Å². The Balaban J connectivity index is 1.24. The summed E-state index contributed by atoms with van der Waals surface area (Å²) in [6, 6.07) is 15.8. The van der Waals surface area contributed by atoms with E-state index >= 15 is 0 Å². The molecule has 160 valence electrons. The number of carbonyl (C=O) groups is 2. The Labute approximate surface area is 176 Å². The van der Waals surface area contributed by atoms with Gasteiger partial charge in [0.2, 0.25) is 5.91 Å². The minimum absolute atomic E-state index is 0.0863. The van der Waals surface area contributed by atoms with Crippen molar-refractivity contribution < 1.29 is 14.0 Å². The molecule has 3 rings (SSSR count). The van der Waals surface area contributed by atoms with Crippen LogP contribution in [0.15, 0.2) is 54.6 Å². The summed E-state index contributed by atoms with van der Waals surface area (Å²) in [5.74, 6) is -0.548. The first-order valence-electron chi connectivity index (χ1n) is 10.2. The molecule has 0 unspecified atom stereocenters. The number of hydrogen-bond acceptors (Lipinski definition) is 4. The Kier molecular flexibility index (Phi) is 8.02. The number of piperazine rings is 1. The van der Waals surface area contributed by atoms with Gasteiger partial charge in [-0.25, -0.2) is 9.18 Å². The molecule has 1 aliphatic rings. The minimum Gasteiger partial charge on any atom is -0.369 e. The van der Waals surface area contributed by atoms with Crippen LogP contribution in [0, 0.1) is 5.82 Å². The van der Waals surface area contributed by atoms with Crippen molar-refractivity contribution >= 4 is 17.6 Å². The van der Waals surface area contributed by atoms with Crippen LogP contribution in [0.3, 0.4) is 0 Å². The zero-order valence-electron chi connectivity index (χ0n) is 16.9. The van der Waals surface area contributed by atoms with E-state index in [1.165, 1.54) is 17.8 Å². The van der Waals surface area contributed by atoms with Gasteiger partial charge in [0.05, 0.1) is 6.54 Å². The normalized spacial score (nSPS) is 14.2. The van der Waals surface area contributed by atoms with E-state index in [1.807, 2.05) is 18.2 Å². The quantitative estimate of drug-likeness (QED) is 0.614.